The number of nitrogens with zero attached hydrogens (tertiary/aromatic N) is 1. The third-order valence-corrected chi connectivity index (χ3v) is 13.5. The van der Waals surface area contributed by atoms with Crippen molar-refractivity contribution in [2.45, 2.75) is 283 Å². The zero-order valence-electron chi connectivity index (χ0n) is 42.1. The predicted octanol–water partition coefficient (Wildman–Crippen LogP) is 15.9. The molecule has 1 amide bonds. The molecule has 0 aromatic carbocycles. The van der Waals surface area contributed by atoms with Gasteiger partial charge in [-0.2, -0.15) is 0 Å². The second kappa shape index (κ2) is 45.4. The summed E-state index contributed by atoms with van der Waals surface area (Å²) in [6.45, 7) is 4.82. The van der Waals surface area contributed by atoms with Crippen LogP contribution in [-0.4, -0.2) is 73.4 Å². The lowest BCUT2D eigenvalue weighted by Crippen LogP contribution is -2.45. The summed E-state index contributed by atoms with van der Waals surface area (Å²) in [6.07, 6.45) is 54.7. The van der Waals surface area contributed by atoms with E-state index < -0.39 is 20.0 Å². The number of unbranched alkanes of at least 4 members (excludes halogenated alkanes) is 37. The Morgan fingerprint density at radius 1 is 0.532 bits per heavy atom. The van der Waals surface area contributed by atoms with Crippen LogP contribution in [-0.2, 0) is 18.4 Å². The minimum Gasteiger partial charge on any atom is -0.387 e. The number of phosphoric acid groups is 1. The highest BCUT2D eigenvalue weighted by Gasteiger charge is 2.27. The molecule has 0 spiro atoms. The standard InChI is InChI=1S/C53H107N2O6P/c1-6-8-10-12-14-16-18-19-20-21-22-23-24-25-26-27-28-29-30-31-32-33-34-35-36-37-39-41-43-45-47-53(57)54-51(50-61-62(58,59)60-49-48-55(3,4)5)52(56)46-44-42-40-38-17-15-13-11-9-7-2/h44,46,51-52,56H,6-43,45,47-50H2,1-5H3,(H-,54,57,58,59)/p+1/b46-44+. The Balaban J connectivity index is 3.96. The van der Waals surface area contributed by atoms with Gasteiger partial charge in [0, 0.05) is 6.42 Å². The molecule has 0 aliphatic rings. The molecule has 0 saturated carbocycles. The van der Waals surface area contributed by atoms with Crippen molar-refractivity contribution in [3.63, 3.8) is 0 Å². The number of likely N-dealkylation sites (N-methyl/N-ethyl adjacent to an activating group) is 1. The van der Waals surface area contributed by atoms with Crippen LogP contribution in [0.15, 0.2) is 12.2 Å². The first-order chi connectivity index (χ1) is 30.0. The van der Waals surface area contributed by atoms with Crippen LogP contribution in [0.5, 0.6) is 0 Å². The smallest absolute Gasteiger partial charge is 0.387 e. The SMILES string of the molecule is CCCCCCCCCC/C=C/C(O)C(COP(=O)(O)OCC[N+](C)(C)C)NC(=O)CCCCCCCCCCCCCCCCCCCCCCCCCCCCCCCC. The molecule has 0 fully saturated rings. The van der Waals surface area contributed by atoms with E-state index in [-0.39, 0.29) is 19.1 Å². The van der Waals surface area contributed by atoms with Gasteiger partial charge in [0.25, 0.3) is 0 Å². The van der Waals surface area contributed by atoms with E-state index in [9.17, 15) is 19.4 Å². The molecular formula is C53H108N2O6P+. The van der Waals surface area contributed by atoms with Crippen molar-refractivity contribution in [1.29, 1.82) is 0 Å². The van der Waals surface area contributed by atoms with Gasteiger partial charge in [0.05, 0.1) is 39.9 Å². The lowest BCUT2D eigenvalue weighted by atomic mass is 10.0. The molecule has 0 aromatic rings. The number of phosphoric ester groups is 1. The van der Waals surface area contributed by atoms with E-state index in [1.165, 1.54) is 212 Å². The van der Waals surface area contributed by atoms with E-state index in [0.717, 1.165) is 38.5 Å². The van der Waals surface area contributed by atoms with Gasteiger partial charge in [0.15, 0.2) is 0 Å². The zero-order valence-corrected chi connectivity index (χ0v) is 43.0. The molecule has 8 nitrogen and oxygen atoms in total. The molecule has 0 heterocycles. The molecule has 0 rings (SSSR count). The maximum Gasteiger partial charge on any atom is 0.472 e. The first kappa shape index (κ1) is 61.2. The molecule has 0 aliphatic heterocycles. The van der Waals surface area contributed by atoms with E-state index >= 15 is 0 Å². The highest BCUT2D eigenvalue weighted by molar-refractivity contribution is 7.47. The number of nitrogens with one attached hydrogen (secondary N) is 1. The van der Waals surface area contributed by atoms with E-state index in [2.05, 4.69) is 19.2 Å². The number of rotatable bonds is 50. The number of allylic oxidation sites excluding steroid dienone is 1. The second-order valence-corrected chi connectivity index (χ2v) is 21.4. The van der Waals surface area contributed by atoms with Gasteiger partial charge in [-0.1, -0.05) is 257 Å². The third kappa shape index (κ3) is 47.2. The number of amides is 1. The first-order valence-electron chi connectivity index (χ1n) is 27.1. The van der Waals surface area contributed by atoms with Crippen molar-refractivity contribution in [2.24, 2.45) is 0 Å². The molecule has 0 aromatic heterocycles. The summed E-state index contributed by atoms with van der Waals surface area (Å²) in [6, 6.07) is -0.840. The number of carbonyl (C=O) groups is 1. The van der Waals surface area contributed by atoms with Gasteiger partial charge in [-0.05, 0) is 19.3 Å². The molecule has 3 unspecified atom stereocenters. The van der Waals surface area contributed by atoms with Crippen LogP contribution in [0.1, 0.15) is 271 Å². The van der Waals surface area contributed by atoms with Crippen LogP contribution in [0.4, 0.5) is 0 Å². The summed E-state index contributed by atoms with van der Waals surface area (Å²) in [7, 11) is 1.58. The highest BCUT2D eigenvalue weighted by Crippen LogP contribution is 2.43. The maximum atomic E-state index is 12.9. The summed E-state index contributed by atoms with van der Waals surface area (Å²) < 4.78 is 23.6. The number of hydrogen-bond donors (Lipinski definition) is 3. The Labute approximate surface area is 386 Å². The number of aliphatic hydroxyl groups is 1. The topological polar surface area (TPSA) is 105 Å². The van der Waals surface area contributed by atoms with Gasteiger partial charge in [0.1, 0.15) is 13.2 Å². The van der Waals surface area contributed by atoms with Crippen molar-refractivity contribution >= 4 is 13.7 Å². The number of aliphatic hydroxyl groups excluding tert-OH is 1. The molecule has 0 aliphatic carbocycles. The first-order valence-corrected chi connectivity index (χ1v) is 28.6. The van der Waals surface area contributed by atoms with E-state index in [0.29, 0.717) is 17.4 Å². The Morgan fingerprint density at radius 2 is 0.855 bits per heavy atom. The summed E-state index contributed by atoms with van der Waals surface area (Å²) in [4.78, 5) is 23.2. The number of carbonyl (C=O) groups excluding carboxylic acids is 1. The molecule has 3 atom stereocenters. The van der Waals surface area contributed by atoms with Gasteiger partial charge in [-0.25, -0.2) is 4.57 Å². The van der Waals surface area contributed by atoms with Gasteiger partial charge < -0.3 is 19.8 Å². The highest BCUT2D eigenvalue weighted by atomic mass is 31.2. The van der Waals surface area contributed by atoms with Gasteiger partial charge in [0.2, 0.25) is 5.91 Å². The largest absolute Gasteiger partial charge is 0.472 e. The van der Waals surface area contributed by atoms with E-state index in [1.807, 2.05) is 27.2 Å². The Kier molecular flexibility index (Phi) is 44.8. The minimum atomic E-state index is -4.33. The van der Waals surface area contributed by atoms with E-state index in [4.69, 9.17) is 9.05 Å². The quantitative estimate of drug-likeness (QED) is 0.0243. The second-order valence-electron chi connectivity index (χ2n) is 20.0. The van der Waals surface area contributed by atoms with Crippen molar-refractivity contribution in [3.8, 4) is 0 Å². The zero-order chi connectivity index (χ0) is 45.7. The molecule has 0 radical (unpaired) electrons. The average molecular weight is 900 g/mol. The summed E-state index contributed by atoms with van der Waals surface area (Å²) in [5.41, 5.74) is 0. The van der Waals surface area contributed by atoms with Gasteiger partial charge in [-0.3, -0.25) is 13.8 Å². The molecule has 62 heavy (non-hydrogen) atoms. The lowest BCUT2D eigenvalue weighted by molar-refractivity contribution is -0.870. The normalized spacial score (nSPS) is 14.1. The Bertz CT molecular complexity index is 1020. The molecule has 370 valence electrons. The minimum absolute atomic E-state index is 0.0645. The third-order valence-electron chi connectivity index (χ3n) is 12.5. The fourth-order valence-electron chi connectivity index (χ4n) is 8.22. The molecule has 0 saturated heterocycles. The molecular weight excluding hydrogens is 792 g/mol. The molecule has 0 bridgehead atoms. The fourth-order valence-corrected chi connectivity index (χ4v) is 8.96. The van der Waals surface area contributed by atoms with Crippen LogP contribution >= 0.6 is 7.82 Å². The van der Waals surface area contributed by atoms with Crippen molar-refractivity contribution in [1.82, 2.24) is 5.32 Å². The fraction of sp³-hybridized carbons (Fsp3) is 0.943. The van der Waals surface area contributed by atoms with Crippen LogP contribution in [0.25, 0.3) is 0 Å². The summed E-state index contributed by atoms with van der Waals surface area (Å²) >= 11 is 0. The van der Waals surface area contributed by atoms with Crippen molar-refractivity contribution in [2.75, 3.05) is 40.9 Å². The lowest BCUT2D eigenvalue weighted by Gasteiger charge is -2.25. The van der Waals surface area contributed by atoms with Gasteiger partial charge >= 0.3 is 7.82 Å². The number of quaternary nitrogens is 1. The maximum absolute atomic E-state index is 12.9. The molecule has 9 heteroatoms. The number of hydrogen-bond acceptors (Lipinski definition) is 5. The Morgan fingerprint density at radius 3 is 1.19 bits per heavy atom. The van der Waals surface area contributed by atoms with Crippen LogP contribution in [0.3, 0.4) is 0 Å². The summed E-state index contributed by atoms with van der Waals surface area (Å²) in [5.74, 6) is -0.173. The van der Waals surface area contributed by atoms with E-state index in [1.54, 1.807) is 6.08 Å². The summed E-state index contributed by atoms with van der Waals surface area (Å²) in [5, 5.41) is 13.8. The van der Waals surface area contributed by atoms with Crippen LogP contribution < -0.4 is 5.32 Å². The monoisotopic (exact) mass is 900 g/mol. The van der Waals surface area contributed by atoms with Crippen LogP contribution in [0.2, 0.25) is 0 Å². The van der Waals surface area contributed by atoms with Gasteiger partial charge in [-0.15, -0.1) is 0 Å². The van der Waals surface area contributed by atoms with Crippen molar-refractivity contribution in [3.05, 3.63) is 12.2 Å². The molecule has 3 N–H and O–H groups in total. The predicted molar refractivity (Wildman–Crippen MR) is 268 cm³/mol. The Hall–Kier alpha value is -0.760. The van der Waals surface area contributed by atoms with Crippen molar-refractivity contribution < 1.29 is 32.9 Å². The average Bonchev–Trinajstić information content (AvgIpc) is 3.23. The van der Waals surface area contributed by atoms with Crippen LogP contribution in [0, 0.1) is 0 Å².